The monoisotopic (exact) mass is 687 g/mol. The van der Waals surface area contributed by atoms with Crippen LogP contribution in [0.2, 0.25) is 0 Å². The van der Waals surface area contributed by atoms with E-state index in [0.717, 1.165) is 50.2 Å². The second-order valence-corrected chi connectivity index (χ2v) is 14.7. The minimum atomic E-state index is -0.820. The summed E-state index contributed by atoms with van der Waals surface area (Å²) >= 11 is 1.62. The number of hydrogen-bond donors (Lipinski definition) is 5. The van der Waals surface area contributed by atoms with Crippen LogP contribution in [0, 0.1) is 23.7 Å². The molecule has 5 atom stereocenters. The van der Waals surface area contributed by atoms with Gasteiger partial charge in [0.1, 0.15) is 12.3 Å². The van der Waals surface area contributed by atoms with Gasteiger partial charge in [-0.05, 0) is 89.7 Å². The molecule has 0 saturated heterocycles. The van der Waals surface area contributed by atoms with Gasteiger partial charge in [0.2, 0.25) is 17.7 Å². The van der Waals surface area contributed by atoms with Crippen molar-refractivity contribution in [1.82, 2.24) is 26.3 Å². The van der Waals surface area contributed by atoms with E-state index in [1.165, 1.54) is 0 Å². The number of aliphatic hydroxyl groups is 1. The molecule has 5 N–H and O–H groups in total. The number of carbonyl (C=O) groups is 4. The number of hydrazone groups is 1. The topological polar surface area (TPSA) is 152 Å². The van der Waals surface area contributed by atoms with Crippen molar-refractivity contribution in [1.29, 1.82) is 0 Å². The Hall–Kier alpha value is -2.18. The molecule has 0 bridgehead atoms. The van der Waals surface area contributed by atoms with Gasteiger partial charge in [-0.15, -0.1) is 0 Å². The van der Waals surface area contributed by atoms with Crippen LogP contribution >= 0.6 is 11.8 Å². The van der Waals surface area contributed by atoms with Gasteiger partial charge in [-0.1, -0.05) is 48.5 Å². The summed E-state index contributed by atoms with van der Waals surface area (Å²) in [7, 11) is 1.82. The van der Waals surface area contributed by atoms with Gasteiger partial charge >= 0.3 is 0 Å². The molecule has 11 nitrogen and oxygen atoms in total. The third-order valence-corrected chi connectivity index (χ3v) is 7.99. The number of nitrogens with zero attached hydrogens (tertiary/aromatic N) is 2. The van der Waals surface area contributed by atoms with Gasteiger partial charge in [0.05, 0.1) is 18.2 Å². The lowest BCUT2D eigenvalue weighted by atomic mass is 9.93. The Morgan fingerprint density at radius 1 is 0.936 bits per heavy atom. The third-order valence-electron chi connectivity index (χ3n) is 7.35. The Kier molecular flexibility index (Phi) is 27.7. The minimum Gasteiger partial charge on any atom is -0.391 e. The fourth-order valence-electron chi connectivity index (χ4n) is 4.80. The highest BCUT2D eigenvalue weighted by atomic mass is 32.2. The molecule has 0 unspecified atom stereocenters. The van der Waals surface area contributed by atoms with Crippen LogP contribution in [0.4, 0.5) is 0 Å². The van der Waals surface area contributed by atoms with E-state index in [-0.39, 0.29) is 35.6 Å². The predicted octanol–water partition coefficient (Wildman–Crippen LogP) is 4.23. The average Bonchev–Trinajstić information content (AvgIpc) is 2.99. The Balaban J connectivity index is 0. The number of likely N-dealkylation sites (N-methyl/N-ethyl adjacent to an activating group) is 1. The molecule has 47 heavy (non-hydrogen) atoms. The summed E-state index contributed by atoms with van der Waals surface area (Å²) in [5.74, 6) is 1.22. The Morgan fingerprint density at radius 3 is 2.04 bits per heavy atom. The normalized spacial score (nSPS) is 14.3. The molecule has 0 spiro atoms. The molecule has 0 saturated carbocycles. The number of rotatable bonds is 24. The molecule has 3 amide bonds. The van der Waals surface area contributed by atoms with Crippen LogP contribution < -0.4 is 21.3 Å². The van der Waals surface area contributed by atoms with Gasteiger partial charge < -0.3 is 31.2 Å². The highest BCUT2D eigenvalue weighted by Crippen LogP contribution is 2.15. The van der Waals surface area contributed by atoms with E-state index in [1.54, 1.807) is 18.7 Å². The minimum absolute atomic E-state index is 0.0706. The van der Waals surface area contributed by atoms with Crippen LogP contribution in [-0.2, 0) is 19.2 Å². The summed E-state index contributed by atoms with van der Waals surface area (Å²) in [5.41, 5.74) is 1.00. The average molecular weight is 687 g/mol. The number of carbonyl (C=O) groups excluding carboxylic acids is 4. The molecule has 276 valence electrons. The largest absolute Gasteiger partial charge is 0.391 e. The summed E-state index contributed by atoms with van der Waals surface area (Å²) in [6, 6.07) is -1.19. The number of aliphatic hydroxyl groups excluding tert-OH is 1. The smallest absolute Gasteiger partial charge is 0.242 e. The molecule has 12 heteroatoms. The van der Waals surface area contributed by atoms with Crippen molar-refractivity contribution in [3.63, 3.8) is 0 Å². The number of hydrogen-bond acceptors (Lipinski definition) is 9. The van der Waals surface area contributed by atoms with Crippen molar-refractivity contribution in [2.75, 3.05) is 38.7 Å². The van der Waals surface area contributed by atoms with Gasteiger partial charge in [0.25, 0.3) is 0 Å². The van der Waals surface area contributed by atoms with Crippen molar-refractivity contribution >= 4 is 41.5 Å². The Labute approximate surface area is 291 Å². The molecule has 0 aliphatic heterocycles. The molecule has 0 heterocycles. The molecule has 0 radical (unpaired) electrons. The fraction of sp³-hybridized carbons (Fsp3) is 0.857. The second-order valence-electron chi connectivity index (χ2n) is 13.8. The molecule has 0 rings (SSSR count). The quantitative estimate of drug-likeness (QED) is 0.0438. The number of nitrogens with one attached hydrogen (secondary N) is 4. The number of amides is 3. The van der Waals surface area contributed by atoms with Crippen molar-refractivity contribution in [2.45, 2.75) is 132 Å². The van der Waals surface area contributed by atoms with E-state index >= 15 is 0 Å². The maximum absolute atomic E-state index is 13.1. The predicted molar refractivity (Wildman–Crippen MR) is 198 cm³/mol. The number of thioether (sulfide) groups is 1. The molecule has 0 aromatic rings. The first kappa shape index (κ1) is 46.9. The standard InChI is InChI=1S/C25H48N4O4S.C10H22N2O/c1-8-29(28-19(4)5)13-10-9-11-24(32)26-21(12-14-34-7)25(33)27-22(15-18(2)3)23(31)16-20(6)17-30;1-7(2)6-12-10(13)9(11-5)8(3)4/h17-18,20-23,31H,8-16H2,1-7H3,(H,26,32)(H,27,33);7-9,11H,6H2,1-5H3,(H,12,13)/t20-,21+,22+,23+;9-/m10/s1. The molecule has 0 aliphatic rings. The number of aldehydes is 1. The van der Waals surface area contributed by atoms with Crippen LogP contribution in [0.25, 0.3) is 0 Å². The zero-order valence-corrected chi connectivity index (χ0v) is 32.5. The molecule has 0 aromatic heterocycles. The number of unbranched alkanes of at least 4 members (excludes halogenated alkanes) is 1. The first-order valence-electron chi connectivity index (χ1n) is 17.5. The van der Waals surface area contributed by atoms with Gasteiger partial charge in [-0.2, -0.15) is 16.9 Å². The fourth-order valence-corrected chi connectivity index (χ4v) is 5.27. The van der Waals surface area contributed by atoms with Crippen LogP contribution in [0.3, 0.4) is 0 Å². The highest BCUT2D eigenvalue weighted by Gasteiger charge is 2.28. The highest BCUT2D eigenvalue weighted by molar-refractivity contribution is 7.98. The van der Waals surface area contributed by atoms with E-state index in [0.29, 0.717) is 37.5 Å². The third kappa shape index (κ3) is 24.6. The van der Waals surface area contributed by atoms with Crippen LogP contribution in [0.5, 0.6) is 0 Å². The van der Waals surface area contributed by atoms with Gasteiger partial charge in [0, 0.05) is 37.7 Å². The summed E-state index contributed by atoms with van der Waals surface area (Å²) in [6.45, 7) is 22.4. The maximum Gasteiger partial charge on any atom is 0.242 e. The SMILES string of the molecule is CCN(CCCCC(=O)N[C@@H](CCSC)C(=O)N[C@@H](CC(C)C)[C@@H](O)C[C@@H](C)C=O)N=C(C)C.CN[C@H](C(=O)NCC(C)C)C(C)C. The molecular weight excluding hydrogens is 616 g/mol. The zero-order chi connectivity index (χ0) is 36.5. The first-order valence-corrected chi connectivity index (χ1v) is 18.9. The lowest BCUT2D eigenvalue weighted by Gasteiger charge is -2.29. The maximum atomic E-state index is 13.1. The van der Waals surface area contributed by atoms with E-state index in [1.807, 2.05) is 59.9 Å². The van der Waals surface area contributed by atoms with Crippen molar-refractivity contribution < 1.29 is 24.3 Å². The van der Waals surface area contributed by atoms with Crippen molar-refractivity contribution in [2.24, 2.45) is 28.8 Å². The summed E-state index contributed by atoms with van der Waals surface area (Å²) in [4.78, 5) is 48.2. The molecule has 0 fully saturated rings. The summed E-state index contributed by atoms with van der Waals surface area (Å²) in [5, 5.41) is 28.9. The Morgan fingerprint density at radius 2 is 1.57 bits per heavy atom. The summed E-state index contributed by atoms with van der Waals surface area (Å²) in [6.07, 6.45) is 5.27. The Bertz CT molecular complexity index is 898. The van der Waals surface area contributed by atoms with Crippen LogP contribution in [0.15, 0.2) is 5.10 Å². The van der Waals surface area contributed by atoms with Gasteiger partial charge in [0.15, 0.2) is 0 Å². The van der Waals surface area contributed by atoms with Crippen molar-refractivity contribution in [3.05, 3.63) is 0 Å². The van der Waals surface area contributed by atoms with E-state index in [4.69, 9.17) is 0 Å². The zero-order valence-electron chi connectivity index (χ0n) is 31.7. The van der Waals surface area contributed by atoms with E-state index < -0.39 is 18.2 Å². The lowest BCUT2D eigenvalue weighted by molar-refractivity contribution is -0.130. The second kappa shape index (κ2) is 27.7. The first-order chi connectivity index (χ1) is 22.0. The van der Waals surface area contributed by atoms with Crippen molar-refractivity contribution in [3.8, 4) is 0 Å². The van der Waals surface area contributed by atoms with Gasteiger partial charge in [-0.3, -0.25) is 19.4 Å². The van der Waals surface area contributed by atoms with E-state index in [2.05, 4.69) is 47.1 Å². The molecular formula is C35H70N6O5S. The summed E-state index contributed by atoms with van der Waals surface area (Å²) < 4.78 is 0. The molecule has 0 aliphatic carbocycles. The van der Waals surface area contributed by atoms with Crippen LogP contribution in [0.1, 0.15) is 108 Å². The van der Waals surface area contributed by atoms with E-state index in [9.17, 15) is 24.3 Å². The van der Waals surface area contributed by atoms with Crippen LogP contribution in [-0.4, -0.2) is 103 Å². The van der Waals surface area contributed by atoms with Gasteiger partial charge in [-0.25, -0.2) is 0 Å². The lowest BCUT2D eigenvalue weighted by Crippen LogP contribution is -2.53. The molecule has 0 aromatic carbocycles.